The van der Waals surface area contributed by atoms with Crippen molar-refractivity contribution in [2.45, 2.75) is 18.7 Å². The smallest absolute Gasteiger partial charge is 0.262 e. The molecular formula is C14H15FN2O2S. The summed E-state index contributed by atoms with van der Waals surface area (Å²) in [5.41, 5.74) is 7.16. The number of anilines is 2. The topological polar surface area (TPSA) is 72.2 Å². The third-order valence-electron chi connectivity index (χ3n) is 2.87. The number of rotatable bonds is 3. The lowest BCUT2D eigenvalue weighted by Crippen LogP contribution is -2.15. The molecule has 4 nitrogen and oxygen atoms in total. The predicted molar refractivity (Wildman–Crippen MR) is 77.5 cm³/mol. The Morgan fingerprint density at radius 2 is 1.80 bits per heavy atom. The lowest BCUT2D eigenvalue weighted by molar-refractivity contribution is 0.598. The average Bonchev–Trinajstić information content (AvgIpc) is 2.36. The molecule has 2 aromatic carbocycles. The highest BCUT2D eigenvalue weighted by Crippen LogP contribution is 2.23. The zero-order valence-corrected chi connectivity index (χ0v) is 12.0. The van der Waals surface area contributed by atoms with Crippen LogP contribution in [-0.2, 0) is 10.0 Å². The molecule has 6 heteroatoms. The third kappa shape index (κ3) is 2.91. The molecule has 0 aliphatic heterocycles. The Balaban J connectivity index is 2.46. The lowest BCUT2D eigenvalue weighted by Gasteiger charge is -2.12. The zero-order chi connectivity index (χ0) is 14.9. The highest BCUT2D eigenvalue weighted by Gasteiger charge is 2.19. The molecule has 0 atom stereocenters. The molecule has 0 unspecified atom stereocenters. The maximum Gasteiger partial charge on any atom is 0.262 e. The quantitative estimate of drug-likeness (QED) is 0.855. The number of nitrogen functional groups attached to an aromatic ring is 1. The minimum Gasteiger partial charge on any atom is -0.399 e. The number of benzene rings is 2. The van der Waals surface area contributed by atoms with E-state index in [0.29, 0.717) is 11.3 Å². The molecule has 0 aliphatic rings. The highest BCUT2D eigenvalue weighted by atomic mass is 32.2. The van der Waals surface area contributed by atoms with Gasteiger partial charge in [0.1, 0.15) is 5.82 Å². The van der Waals surface area contributed by atoms with Crippen molar-refractivity contribution >= 4 is 21.4 Å². The van der Waals surface area contributed by atoms with Gasteiger partial charge in [-0.15, -0.1) is 0 Å². The molecular weight excluding hydrogens is 279 g/mol. The molecule has 0 heterocycles. The number of halogens is 1. The standard InChI is InChI=1S/C14H15FN2O2S/c1-9-3-6-12(15)13(7-9)17-20(18,19)14-8-11(16)5-4-10(14)2/h3-8,17H,16H2,1-2H3. The molecule has 0 aromatic heterocycles. The summed E-state index contributed by atoms with van der Waals surface area (Å²) in [6.07, 6.45) is 0. The van der Waals surface area contributed by atoms with Gasteiger partial charge in [0.15, 0.2) is 0 Å². The van der Waals surface area contributed by atoms with Crippen LogP contribution in [0.4, 0.5) is 15.8 Å². The van der Waals surface area contributed by atoms with Crippen LogP contribution in [0.5, 0.6) is 0 Å². The fraction of sp³-hybridized carbons (Fsp3) is 0.143. The first-order valence-electron chi connectivity index (χ1n) is 5.95. The van der Waals surface area contributed by atoms with Gasteiger partial charge in [0.05, 0.1) is 10.6 Å². The summed E-state index contributed by atoms with van der Waals surface area (Å²) in [5.74, 6) is -0.624. The summed E-state index contributed by atoms with van der Waals surface area (Å²) in [7, 11) is -3.88. The summed E-state index contributed by atoms with van der Waals surface area (Å²) < 4.78 is 40.5. The molecule has 2 aromatic rings. The van der Waals surface area contributed by atoms with Crippen LogP contribution in [0.3, 0.4) is 0 Å². The Morgan fingerprint density at radius 1 is 1.10 bits per heavy atom. The van der Waals surface area contributed by atoms with Crippen LogP contribution in [0.15, 0.2) is 41.3 Å². The van der Waals surface area contributed by atoms with E-state index in [9.17, 15) is 12.8 Å². The van der Waals surface area contributed by atoms with E-state index < -0.39 is 15.8 Å². The van der Waals surface area contributed by atoms with Gasteiger partial charge in [0.2, 0.25) is 0 Å². The first-order chi connectivity index (χ1) is 9.29. The van der Waals surface area contributed by atoms with E-state index in [0.717, 1.165) is 5.56 Å². The number of sulfonamides is 1. The lowest BCUT2D eigenvalue weighted by atomic mass is 10.2. The molecule has 0 radical (unpaired) electrons. The molecule has 0 spiro atoms. The van der Waals surface area contributed by atoms with Crippen molar-refractivity contribution in [3.63, 3.8) is 0 Å². The van der Waals surface area contributed by atoms with Gasteiger partial charge in [0.25, 0.3) is 10.0 Å². The maximum absolute atomic E-state index is 13.6. The first kappa shape index (κ1) is 14.3. The van der Waals surface area contributed by atoms with E-state index in [1.54, 1.807) is 32.0 Å². The van der Waals surface area contributed by atoms with E-state index in [2.05, 4.69) is 4.72 Å². The fourth-order valence-corrected chi connectivity index (χ4v) is 3.16. The predicted octanol–water partition coefficient (Wildman–Crippen LogP) is 2.83. The Morgan fingerprint density at radius 3 is 2.50 bits per heavy atom. The molecule has 2 rings (SSSR count). The SMILES string of the molecule is Cc1ccc(F)c(NS(=O)(=O)c2cc(N)ccc2C)c1. The monoisotopic (exact) mass is 294 g/mol. The van der Waals surface area contributed by atoms with E-state index >= 15 is 0 Å². The van der Waals surface area contributed by atoms with Gasteiger partial charge in [-0.1, -0.05) is 12.1 Å². The minimum atomic E-state index is -3.88. The van der Waals surface area contributed by atoms with Crippen LogP contribution in [0, 0.1) is 19.7 Å². The van der Waals surface area contributed by atoms with E-state index in [-0.39, 0.29) is 10.6 Å². The molecule has 0 saturated heterocycles. The summed E-state index contributed by atoms with van der Waals surface area (Å²) in [6, 6.07) is 8.80. The summed E-state index contributed by atoms with van der Waals surface area (Å²) >= 11 is 0. The molecule has 0 fully saturated rings. The van der Waals surface area contributed by atoms with Gasteiger partial charge in [-0.25, -0.2) is 12.8 Å². The van der Waals surface area contributed by atoms with E-state index in [4.69, 9.17) is 5.73 Å². The average molecular weight is 294 g/mol. The fourth-order valence-electron chi connectivity index (χ4n) is 1.82. The molecule has 0 amide bonds. The third-order valence-corrected chi connectivity index (χ3v) is 4.38. The molecule has 3 N–H and O–H groups in total. The van der Waals surface area contributed by atoms with Crippen LogP contribution in [0.1, 0.15) is 11.1 Å². The van der Waals surface area contributed by atoms with Crippen molar-refractivity contribution in [1.82, 2.24) is 0 Å². The highest BCUT2D eigenvalue weighted by molar-refractivity contribution is 7.92. The van der Waals surface area contributed by atoms with E-state index in [1.807, 2.05) is 0 Å². The number of nitrogens with two attached hydrogens (primary N) is 1. The van der Waals surface area contributed by atoms with E-state index in [1.165, 1.54) is 18.2 Å². The summed E-state index contributed by atoms with van der Waals surface area (Å²) in [6.45, 7) is 3.41. The largest absolute Gasteiger partial charge is 0.399 e. The van der Waals surface area contributed by atoms with Crippen LogP contribution in [0.25, 0.3) is 0 Å². The van der Waals surface area contributed by atoms with Gasteiger partial charge in [0, 0.05) is 5.69 Å². The van der Waals surface area contributed by atoms with Gasteiger partial charge >= 0.3 is 0 Å². The van der Waals surface area contributed by atoms with Gasteiger partial charge in [-0.2, -0.15) is 0 Å². The van der Waals surface area contributed by atoms with Crippen molar-refractivity contribution in [2.75, 3.05) is 10.5 Å². The second kappa shape index (κ2) is 5.13. The Hall–Kier alpha value is -2.08. The Bertz CT molecular complexity index is 758. The number of aryl methyl sites for hydroxylation is 2. The van der Waals surface area contributed by atoms with Crippen LogP contribution in [0.2, 0.25) is 0 Å². The first-order valence-corrected chi connectivity index (χ1v) is 7.43. The second-order valence-electron chi connectivity index (χ2n) is 4.61. The van der Waals surface area contributed by atoms with Crippen molar-refractivity contribution in [3.05, 3.63) is 53.3 Å². The van der Waals surface area contributed by atoms with Crippen molar-refractivity contribution < 1.29 is 12.8 Å². The van der Waals surface area contributed by atoms with Crippen molar-refractivity contribution in [3.8, 4) is 0 Å². The minimum absolute atomic E-state index is 0.0402. The van der Waals surface area contributed by atoms with Gasteiger partial charge in [-0.05, 0) is 49.2 Å². The van der Waals surface area contributed by atoms with Crippen LogP contribution >= 0.6 is 0 Å². The van der Waals surface area contributed by atoms with Crippen molar-refractivity contribution in [2.24, 2.45) is 0 Å². The number of nitrogens with one attached hydrogen (secondary N) is 1. The summed E-state index contributed by atoms with van der Waals surface area (Å²) in [4.78, 5) is 0.0402. The number of hydrogen-bond acceptors (Lipinski definition) is 3. The molecule has 0 aliphatic carbocycles. The van der Waals surface area contributed by atoms with Crippen LogP contribution in [-0.4, -0.2) is 8.42 Å². The zero-order valence-electron chi connectivity index (χ0n) is 11.1. The molecule has 106 valence electrons. The van der Waals surface area contributed by atoms with Gasteiger partial charge < -0.3 is 5.73 Å². The van der Waals surface area contributed by atoms with Gasteiger partial charge in [-0.3, -0.25) is 4.72 Å². The van der Waals surface area contributed by atoms with Crippen LogP contribution < -0.4 is 10.5 Å². The number of hydrogen-bond donors (Lipinski definition) is 2. The Labute approximate surface area is 117 Å². The molecule has 20 heavy (non-hydrogen) atoms. The Kier molecular flexibility index (Phi) is 3.67. The normalized spacial score (nSPS) is 11.3. The second-order valence-corrected chi connectivity index (χ2v) is 6.26. The molecule has 0 bridgehead atoms. The maximum atomic E-state index is 13.6. The summed E-state index contributed by atoms with van der Waals surface area (Å²) in [5, 5.41) is 0. The van der Waals surface area contributed by atoms with Crippen molar-refractivity contribution in [1.29, 1.82) is 0 Å². The molecule has 0 saturated carbocycles.